The lowest BCUT2D eigenvalue weighted by Crippen LogP contribution is -2.51. The first-order chi connectivity index (χ1) is 7.79. The first-order valence-corrected chi connectivity index (χ1v) is 5.40. The summed E-state index contributed by atoms with van der Waals surface area (Å²) in [6, 6.07) is -0.765. The van der Waals surface area contributed by atoms with Gasteiger partial charge in [-0.25, -0.2) is 0 Å². The second-order valence-corrected chi connectivity index (χ2v) is 4.04. The lowest BCUT2D eigenvalue weighted by molar-refractivity contribution is -0.139. The third-order valence-electron chi connectivity index (χ3n) is 2.55. The van der Waals surface area contributed by atoms with Gasteiger partial charge in [-0.1, -0.05) is 20.3 Å². The van der Waals surface area contributed by atoms with E-state index in [9.17, 15) is 14.4 Å². The Hall–Kier alpha value is -1.63. The summed E-state index contributed by atoms with van der Waals surface area (Å²) in [5.74, 6) is -1.96. The minimum Gasteiger partial charge on any atom is -0.368 e. The normalized spacial score (nSPS) is 13.8. The summed E-state index contributed by atoms with van der Waals surface area (Å²) in [5.41, 5.74) is 15.7. The summed E-state index contributed by atoms with van der Waals surface area (Å²) in [6.07, 6.45) is 0.716. The molecular formula is C10H20N4O3. The molecule has 0 fully saturated rings. The smallest absolute Gasteiger partial charge is 0.240 e. The van der Waals surface area contributed by atoms with Gasteiger partial charge in [0.15, 0.2) is 0 Å². The average Bonchev–Trinajstić information content (AvgIpc) is 2.23. The largest absolute Gasteiger partial charge is 0.368 e. The number of hydrogen-bond acceptors (Lipinski definition) is 4. The third kappa shape index (κ3) is 5.30. The van der Waals surface area contributed by atoms with Crippen molar-refractivity contribution >= 4 is 17.7 Å². The molecule has 2 unspecified atom stereocenters. The Bertz CT molecular complexity index is 290. The highest BCUT2D eigenvalue weighted by Crippen LogP contribution is 2.08. The van der Waals surface area contributed by atoms with Gasteiger partial charge in [-0.05, 0) is 5.92 Å². The maximum absolute atomic E-state index is 11.9. The van der Waals surface area contributed by atoms with Crippen molar-refractivity contribution in [2.75, 3.05) is 13.1 Å². The predicted octanol–water partition coefficient (Wildman–Crippen LogP) is -1.84. The number of nitrogens with zero attached hydrogens (tertiary/aromatic N) is 1. The Morgan fingerprint density at radius 3 is 1.82 bits per heavy atom. The van der Waals surface area contributed by atoms with Crippen LogP contribution in [0.3, 0.4) is 0 Å². The lowest BCUT2D eigenvalue weighted by atomic mass is 9.99. The highest BCUT2D eigenvalue weighted by molar-refractivity contribution is 5.90. The van der Waals surface area contributed by atoms with Crippen LogP contribution in [0.1, 0.15) is 20.3 Å². The number of carbonyl (C=O) groups is 3. The molecule has 2 atom stereocenters. The highest BCUT2D eigenvalue weighted by Gasteiger charge is 2.26. The van der Waals surface area contributed by atoms with Crippen molar-refractivity contribution in [1.29, 1.82) is 0 Å². The summed E-state index contributed by atoms with van der Waals surface area (Å²) >= 11 is 0. The van der Waals surface area contributed by atoms with Crippen LogP contribution in [0.2, 0.25) is 0 Å². The summed E-state index contributed by atoms with van der Waals surface area (Å²) in [4.78, 5) is 34.5. The van der Waals surface area contributed by atoms with Gasteiger partial charge in [0, 0.05) is 0 Å². The molecule has 0 heterocycles. The van der Waals surface area contributed by atoms with Crippen molar-refractivity contribution in [3.63, 3.8) is 0 Å². The van der Waals surface area contributed by atoms with Gasteiger partial charge in [-0.2, -0.15) is 0 Å². The molecule has 7 nitrogen and oxygen atoms in total. The van der Waals surface area contributed by atoms with Crippen LogP contribution in [0.15, 0.2) is 0 Å². The Morgan fingerprint density at radius 2 is 1.53 bits per heavy atom. The topological polar surface area (TPSA) is 133 Å². The van der Waals surface area contributed by atoms with E-state index in [1.54, 1.807) is 0 Å². The Kier molecular flexibility index (Phi) is 6.19. The monoisotopic (exact) mass is 244 g/mol. The first-order valence-electron chi connectivity index (χ1n) is 5.40. The minimum absolute atomic E-state index is 0.0502. The van der Waals surface area contributed by atoms with E-state index in [1.165, 1.54) is 0 Å². The Labute approximate surface area is 100 Å². The van der Waals surface area contributed by atoms with E-state index in [4.69, 9.17) is 17.2 Å². The van der Waals surface area contributed by atoms with E-state index in [0.29, 0.717) is 6.42 Å². The number of nitrogens with two attached hydrogens (primary N) is 3. The van der Waals surface area contributed by atoms with Gasteiger partial charge in [0.25, 0.3) is 0 Å². The molecule has 17 heavy (non-hydrogen) atoms. The summed E-state index contributed by atoms with van der Waals surface area (Å²) < 4.78 is 0. The van der Waals surface area contributed by atoms with Gasteiger partial charge in [0.05, 0.1) is 19.1 Å². The van der Waals surface area contributed by atoms with Gasteiger partial charge in [-0.15, -0.1) is 0 Å². The first kappa shape index (κ1) is 15.4. The molecule has 7 heteroatoms. The summed E-state index contributed by atoms with van der Waals surface area (Å²) in [5, 5.41) is 0. The van der Waals surface area contributed by atoms with Crippen molar-refractivity contribution in [1.82, 2.24) is 4.90 Å². The molecule has 0 bridgehead atoms. The van der Waals surface area contributed by atoms with Crippen molar-refractivity contribution < 1.29 is 14.4 Å². The van der Waals surface area contributed by atoms with E-state index in [0.717, 1.165) is 4.90 Å². The van der Waals surface area contributed by atoms with Crippen molar-refractivity contribution in [3.8, 4) is 0 Å². The molecule has 98 valence electrons. The second kappa shape index (κ2) is 6.85. The molecule has 0 aliphatic carbocycles. The van der Waals surface area contributed by atoms with E-state index in [-0.39, 0.29) is 19.0 Å². The van der Waals surface area contributed by atoms with Crippen LogP contribution in [0.4, 0.5) is 0 Å². The molecule has 0 spiro atoms. The van der Waals surface area contributed by atoms with Crippen LogP contribution < -0.4 is 17.2 Å². The standard InChI is InChI=1S/C10H20N4O3/c1-3-6(2)9(13)10(17)14(4-7(11)15)5-8(12)16/h6,9H,3-5,13H2,1-2H3,(H2,11,15)(H2,12,16). The molecule has 0 aliphatic rings. The molecule has 0 radical (unpaired) electrons. The van der Waals surface area contributed by atoms with Gasteiger partial charge in [0.1, 0.15) is 0 Å². The number of primary amides is 2. The lowest BCUT2D eigenvalue weighted by Gasteiger charge is -2.25. The maximum atomic E-state index is 11.9. The minimum atomic E-state index is -0.765. The Morgan fingerprint density at radius 1 is 1.12 bits per heavy atom. The predicted molar refractivity (Wildman–Crippen MR) is 62.4 cm³/mol. The molecule has 3 amide bonds. The third-order valence-corrected chi connectivity index (χ3v) is 2.55. The zero-order chi connectivity index (χ0) is 13.6. The van der Waals surface area contributed by atoms with Crippen LogP contribution in [0, 0.1) is 5.92 Å². The number of amides is 3. The van der Waals surface area contributed by atoms with Crippen LogP contribution in [0.5, 0.6) is 0 Å². The zero-order valence-electron chi connectivity index (χ0n) is 10.2. The molecule has 0 saturated carbocycles. The molecule has 0 aromatic heterocycles. The van der Waals surface area contributed by atoms with E-state index < -0.39 is 23.8 Å². The van der Waals surface area contributed by atoms with E-state index in [2.05, 4.69) is 0 Å². The molecule has 0 aromatic carbocycles. The maximum Gasteiger partial charge on any atom is 0.240 e. The van der Waals surface area contributed by atoms with Gasteiger partial charge in [-0.3, -0.25) is 14.4 Å². The quantitative estimate of drug-likeness (QED) is 0.485. The zero-order valence-corrected chi connectivity index (χ0v) is 10.2. The van der Waals surface area contributed by atoms with Crippen LogP contribution >= 0.6 is 0 Å². The van der Waals surface area contributed by atoms with Gasteiger partial charge in [0.2, 0.25) is 17.7 Å². The fourth-order valence-electron chi connectivity index (χ4n) is 1.30. The fourth-order valence-corrected chi connectivity index (χ4v) is 1.30. The van der Waals surface area contributed by atoms with Crippen molar-refractivity contribution in [2.24, 2.45) is 23.1 Å². The summed E-state index contributed by atoms with van der Waals surface area (Å²) in [7, 11) is 0. The average molecular weight is 244 g/mol. The van der Waals surface area contributed by atoms with E-state index >= 15 is 0 Å². The highest BCUT2D eigenvalue weighted by atomic mass is 16.2. The van der Waals surface area contributed by atoms with Crippen LogP contribution in [-0.4, -0.2) is 41.8 Å². The van der Waals surface area contributed by atoms with Gasteiger partial charge < -0.3 is 22.1 Å². The second-order valence-electron chi connectivity index (χ2n) is 4.04. The molecule has 0 saturated heterocycles. The van der Waals surface area contributed by atoms with Crippen molar-refractivity contribution in [3.05, 3.63) is 0 Å². The number of rotatable bonds is 7. The number of carbonyl (C=O) groups excluding carboxylic acids is 3. The van der Waals surface area contributed by atoms with Crippen LogP contribution in [-0.2, 0) is 14.4 Å². The van der Waals surface area contributed by atoms with Crippen LogP contribution in [0.25, 0.3) is 0 Å². The molecule has 0 aliphatic heterocycles. The molecule has 0 rings (SSSR count). The fraction of sp³-hybridized carbons (Fsp3) is 0.700. The van der Waals surface area contributed by atoms with Gasteiger partial charge >= 0.3 is 0 Å². The summed E-state index contributed by atoms with van der Waals surface area (Å²) in [6.45, 7) is 3.00. The molecule has 6 N–H and O–H groups in total. The SMILES string of the molecule is CCC(C)C(N)C(=O)N(CC(N)=O)CC(N)=O. The number of hydrogen-bond donors (Lipinski definition) is 3. The molecule has 0 aromatic rings. The Balaban J connectivity index is 4.72. The molecular weight excluding hydrogens is 224 g/mol. The van der Waals surface area contributed by atoms with Crippen molar-refractivity contribution in [2.45, 2.75) is 26.3 Å². The van der Waals surface area contributed by atoms with E-state index in [1.807, 2.05) is 13.8 Å².